The molecule has 0 aliphatic rings. The van der Waals surface area contributed by atoms with Gasteiger partial charge in [-0.25, -0.2) is 0 Å². The van der Waals surface area contributed by atoms with Gasteiger partial charge in [-0.15, -0.1) is 0 Å². The van der Waals surface area contributed by atoms with Crippen molar-refractivity contribution < 1.29 is 9.84 Å². The second kappa shape index (κ2) is 6.42. The van der Waals surface area contributed by atoms with Crippen LogP contribution >= 0.6 is 22.6 Å². The predicted molar refractivity (Wildman–Crippen MR) is 53.8 cm³/mol. The van der Waals surface area contributed by atoms with Gasteiger partial charge in [0.2, 0.25) is 0 Å². The minimum Gasteiger partial charge on any atom is -0.507 e. The number of aromatic hydroxyl groups is 1. The summed E-state index contributed by atoms with van der Waals surface area (Å²) < 4.78 is 5.14. The third-order valence-electron chi connectivity index (χ3n) is 0.852. The normalized spacial score (nSPS) is 8.27. The number of phenolic OH excluding ortho intramolecular Hbond substituents is 1. The first-order valence-corrected chi connectivity index (χ1v) is 4.14. The molecular weight excluding hydrogens is 255 g/mol. The molecular formula is C8H11IO2. The monoisotopic (exact) mass is 266 g/mol. The standard InChI is InChI=1S/C6H5IO.C2H6O/c7-5-3-1-2-4-6(5)8;1-3-2/h1-4,8H;1-2H3. The highest BCUT2D eigenvalue weighted by Gasteiger charge is 1.89. The molecule has 0 aliphatic heterocycles. The molecule has 0 aromatic heterocycles. The predicted octanol–water partition coefficient (Wildman–Crippen LogP) is 2.26. The molecule has 0 bridgehead atoms. The summed E-state index contributed by atoms with van der Waals surface area (Å²) in [6.07, 6.45) is 0. The van der Waals surface area contributed by atoms with E-state index in [-0.39, 0.29) is 0 Å². The molecule has 0 saturated heterocycles. The maximum absolute atomic E-state index is 8.91. The second-order valence-electron chi connectivity index (χ2n) is 1.86. The van der Waals surface area contributed by atoms with E-state index < -0.39 is 0 Å². The Morgan fingerprint density at radius 1 is 1.27 bits per heavy atom. The van der Waals surface area contributed by atoms with Crippen molar-refractivity contribution in [1.29, 1.82) is 0 Å². The summed E-state index contributed by atoms with van der Waals surface area (Å²) >= 11 is 2.07. The zero-order chi connectivity index (χ0) is 8.69. The van der Waals surface area contributed by atoms with Crippen LogP contribution in [0.5, 0.6) is 5.75 Å². The number of halogens is 1. The SMILES string of the molecule is COC.Oc1ccccc1I. The van der Waals surface area contributed by atoms with Crippen molar-refractivity contribution >= 4 is 22.6 Å². The number of ether oxygens (including phenoxy) is 1. The van der Waals surface area contributed by atoms with Gasteiger partial charge in [0.1, 0.15) is 5.75 Å². The lowest BCUT2D eigenvalue weighted by atomic mass is 10.3. The average Bonchev–Trinajstić information content (AvgIpc) is 1.97. The number of hydrogen-bond donors (Lipinski definition) is 1. The van der Waals surface area contributed by atoms with Gasteiger partial charge in [-0.2, -0.15) is 0 Å². The maximum atomic E-state index is 8.91. The fourth-order valence-corrected chi connectivity index (χ4v) is 0.839. The molecule has 0 spiro atoms. The van der Waals surface area contributed by atoms with Gasteiger partial charge < -0.3 is 9.84 Å². The molecule has 11 heavy (non-hydrogen) atoms. The molecule has 1 rings (SSSR count). The molecule has 0 unspecified atom stereocenters. The van der Waals surface area contributed by atoms with Gasteiger partial charge in [-0.1, -0.05) is 12.1 Å². The van der Waals surface area contributed by atoms with Gasteiger partial charge in [-0.3, -0.25) is 0 Å². The zero-order valence-corrected chi connectivity index (χ0v) is 8.70. The van der Waals surface area contributed by atoms with Gasteiger partial charge in [0.05, 0.1) is 3.57 Å². The van der Waals surface area contributed by atoms with E-state index in [4.69, 9.17) is 5.11 Å². The quantitative estimate of drug-likeness (QED) is 0.730. The van der Waals surface area contributed by atoms with Gasteiger partial charge in [0, 0.05) is 14.2 Å². The largest absolute Gasteiger partial charge is 0.507 e. The Morgan fingerprint density at radius 2 is 1.73 bits per heavy atom. The molecule has 0 fully saturated rings. The van der Waals surface area contributed by atoms with Crippen LogP contribution in [0, 0.1) is 3.57 Å². The summed E-state index contributed by atoms with van der Waals surface area (Å²) in [7, 11) is 3.25. The van der Waals surface area contributed by atoms with Crippen molar-refractivity contribution in [3.63, 3.8) is 0 Å². The van der Waals surface area contributed by atoms with Crippen molar-refractivity contribution in [3.05, 3.63) is 27.8 Å². The molecule has 2 nitrogen and oxygen atoms in total. The Kier molecular flexibility index (Phi) is 6.25. The Bertz CT molecular complexity index is 180. The lowest BCUT2D eigenvalue weighted by Gasteiger charge is -1.90. The fourth-order valence-electron chi connectivity index (χ4n) is 0.452. The highest BCUT2D eigenvalue weighted by atomic mass is 127. The first kappa shape index (κ1) is 10.7. The van der Waals surface area contributed by atoms with Crippen LogP contribution in [0.3, 0.4) is 0 Å². The first-order chi connectivity index (χ1) is 5.22. The second-order valence-corrected chi connectivity index (χ2v) is 3.02. The number of para-hydroxylation sites is 1. The molecule has 1 aromatic carbocycles. The molecule has 1 aromatic rings. The summed E-state index contributed by atoms with van der Waals surface area (Å²) in [5, 5.41) is 8.91. The van der Waals surface area contributed by atoms with Crippen LogP contribution in [0.2, 0.25) is 0 Å². The van der Waals surface area contributed by atoms with Gasteiger partial charge in [0.15, 0.2) is 0 Å². The summed E-state index contributed by atoms with van der Waals surface area (Å²) in [6, 6.07) is 7.22. The Hall–Kier alpha value is -0.290. The lowest BCUT2D eigenvalue weighted by molar-refractivity contribution is 0.277. The van der Waals surface area contributed by atoms with Gasteiger partial charge in [-0.05, 0) is 34.7 Å². The Balaban J connectivity index is 0.000000292. The van der Waals surface area contributed by atoms with Crippen molar-refractivity contribution in [2.75, 3.05) is 14.2 Å². The van der Waals surface area contributed by atoms with Crippen molar-refractivity contribution in [2.45, 2.75) is 0 Å². The molecule has 0 amide bonds. The van der Waals surface area contributed by atoms with Crippen LogP contribution in [-0.2, 0) is 4.74 Å². The van der Waals surface area contributed by atoms with Gasteiger partial charge in [0.25, 0.3) is 0 Å². The Morgan fingerprint density at radius 3 is 2.00 bits per heavy atom. The van der Waals surface area contributed by atoms with Crippen LogP contribution in [0.4, 0.5) is 0 Å². The minimum absolute atomic E-state index is 0.355. The van der Waals surface area contributed by atoms with Crippen LogP contribution in [0.1, 0.15) is 0 Å². The minimum atomic E-state index is 0.355. The Labute approximate surface area is 80.3 Å². The molecule has 62 valence electrons. The summed E-state index contributed by atoms with van der Waals surface area (Å²) in [4.78, 5) is 0. The average molecular weight is 266 g/mol. The highest BCUT2D eigenvalue weighted by Crippen LogP contribution is 2.16. The van der Waals surface area contributed by atoms with Crippen LogP contribution < -0.4 is 0 Å². The lowest BCUT2D eigenvalue weighted by Crippen LogP contribution is -1.67. The third kappa shape index (κ3) is 5.03. The topological polar surface area (TPSA) is 29.5 Å². The van der Waals surface area contributed by atoms with Crippen LogP contribution in [0.25, 0.3) is 0 Å². The summed E-state index contributed by atoms with van der Waals surface area (Å²) in [5.74, 6) is 0.355. The molecule has 0 atom stereocenters. The highest BCUT2D eigenvalue weighted by molar-refractivity contribution is 14.1. The molecule has 0 radical (unpaired) electrons. The maximum Gasteiger partial charge on any atom is 0.128 e. The van der Waals surface area contributed by atoms with Gasteiger partial charge >= 0.3 is 0 Å². The van der Waals surface area contributed by atoms with E-state index in [1.807, 2.05) is 12.1 Å². The van der Waals surface area contributed by atoms with E-state index in [1.54, 1.807) is 26.4 Å². The molecule has 3 heteroatoms. The fraction of sp³-hybridized carbons (Fsp3) is 0.250. The summed E-state index contributed by atoms with van der Waals surface area (Å²) in [6.45, 7) is 0. The van der Waals surface area contributed by atoms with E-state index in [0.29, 0.717) is 5.75 Å². The summed E-state index contributed by atoms with van der Waals surface area (Å²) in [5.41, 5.74) is 0. The third-order valence-corrected chi connectivity index (χ3v) is 1.76. The molecule has 0 saturated carbocycles. The number of benzene rings is 1. The number of phenols is 1. The smallest absolute Gasteiger partial charge is 0.128 e. The van der Waals surface area contributed by atoms with Crippen molar-refractivity contribution in [3.8, 4) is 5.75 Å². The van der Waals surface area contributed by atoms with Crippen molar-refractivity contribution in [1.82, 2.24) is 0 Å². The molecule has 1 N–H and O–H groups in total. The zero-order valence-electron chi connectivity index (χ0n) is 6.54. The van der Waals surface area contributed by atoms with E-state index in [9.17, 15) is 0 Å². The van der Waals surface area contributed by atoms with E-state index >= 15 is 0 Å². The van der Waals surface area contributed by atoms with E-state index in [2.05, 4.69) is 27.3 Å². The van der Waals surface area contributed by atoms with Crippen molar-refractivity contribution in [2.24, 2.45) is 0 Å². The number of rotatable bonds is 0. The first-order valence-electron chi connectivity index (χ1n) is 3.06. The molecule has 0 heterocycles. The number of methoxy groups -OCH3 is 1. The van der Waals surface area contributed by atoms with Crippen LogP contribution in [-0.4, -0.2) is 19.3 Å². The van der Waals surface area contributed by atoms with Crippen LogP contribution in [0.15, 0.2) is 24.3 Å². The number of hydrogen-bond acceptors (Lipinski definition) is 2. The molecule has 0 aliphatic carbocycles. The van der Waals surface area contributed by atoms with E-state index in [1.165, 1.54) is 0 Å². The van der Waals surface area contributed by atoms with E-state index in [0.717, 1.165) is 3.57 Å².